The number of ether oxygens (including phenoxy) is 1. The van der Waals surface area contributed by atoms with E-state index in [1.807, 2.05) is 31.2 Å². The van der Waals surface area contributed by atoms with Crippen molar-refractivity contribution >= 4 is 22.9 Å². The van der Waals surface area contributed by atoms with Crippen molar-refractivity contribution < 1.29 is 13.7 Å². The molecule has 0 radical (unpaired) electrons. The average molecular weight is 467 g/mol. The molecule has 1 unspecified atom stereocenters. The molecule has 0 saturated carbocycles. The van der Waals surface area contributed by atoms with Gasteiger partial charge in [-0.25, -0.2) is 4.39 Å². The Morgan fingerprint density at radius 3 is 2.48 bits per heavy atom. The predicted octanol–water partition coefficient (Wildman–Crippen LogP) is 5.59. The van der Waals surface area contributed by atoms with Gasteiger partial charge in [0.15, 0.2) is 5.11 Å². The van der Waals surface area contributed by atoms with E-state index in [-0.39, 0.29) is 11.9 Å². The number of nitrogens with zero attached hydrogens (tertiary/aromatic N) is 3. The Bertz CT molecular complexity index is 1160. The summed E-state index contributed by atoms with van der Waals surface area (Å²) in [5, 5.41) is 8.28. The van der Waals surface area contributed by atoms with Gasteiger partial charge in [-0.15, -0.1) is 0 Å². The highest BCUT2D eigenvalue weighted by Gasteiger charge is 2.34. The largest absolute Gasteiger partial charge is 0.497 e. The number of thiocarbonyl (C=S) groups is 1. The minimum atomic E-state index is -0.314. The Balaban J connectivity index is 1.77. The molecule has 0 amide bonds. The molecule has 6 nitrogen and oxygen atoms in total. The monoisotopic (exact) mass is 466 g/mol. The van der Waals surface area contributed by atoms with Crippen molar-refractivity contribution in [1.29, 1.82) is 0 Å². The Kier molecular flexibility index (Phi) is 6.74. The van der Waals surface area contributed by atoms with E-state index in [4.69, 9.17) is 21.5 Å². The molecule has 172 valence electrons. The molecule has 4 rings (SSSR count). The number of aromatic nitrogens is 2. The van der Waals surface area contributed by atoms with Crippen LogP contribution in [0.25, 0.3) is 17.0 Å². The number of hydrogen-bond acceptors (Lipinski definition) is 5. The van der Waals surface area contributed by atoms with Gasteiger partial charge in [0.2, 0.25) is 5.82 Å². The third-order valence-electron chi connectivity index (χ3n) is 5.73. The van der Waals surface area contributed by atoms with Crippen molar-refractivity contribution in [1.82, 2.24) is 20.4 Å². The molecule has 33 heavy (non-hydrogen) atoms. The number of hydrogen-bond donors (Lipinski definition) is 1. The molecule has 8 heteroatoms. The second-order valence-electron chi connectivity index (χ2n) is 8.42. The van der Waals surface area contributed by atoms with Crippen molar-refractivity contribution in [2.24, 2.45) is 5.92 Å². The summed E-state index contributed by atoms with van der Waals surface area (Å²) in [5.41, 5.74) is 3.51. The van der Waals surface area contributed by atoms with Crippen LogP contribution in [0.15, 0.2) is 58.8 Å². The first-order chi connectivity index (χ1) is 15.9. The fourth-order valence-corrected chi connectivity index (χ4v) is 4.16. The number of rotatable bonds is 7. The molecule has 1 N–H and O–H groups in total. The summed E-state index contributed by atoms with van der Waals surface area (Å²) >= 11 is 5.73. The summed E-state index contributed by atoms with van der Waals surface area (Å²) in [6, 6.07) is 13.6. The first-order valence-electron chi connectivity index (χ1n) is 10.9. The summed E-state index contributed by atoms with van der Waals surface area (Å²) < 4.78 is 24.4. The minimum Gasteiger partial charge on any atom is -0.497 e. The molecular weight excluding hydrogens is 439 g/mol. The summed E-state index contributed by atoms with van der Waals surface area (Å²) in [6.07, 6.45) is 0.990. The zero-order valence-electron chi connectivity index (χ0n) is 19.1. The van der Waals surface area contributed by atoms with Crippen molar-refractivity contribution in [3.05, 3.63) is 71.5 Å². The van der Waals surface area contributed by atoms with Gasteiger partial charge in [0.25, 0.3) is 5.89 Å². The lowest BCUT2D eigenvalue weighted by atomic mass is 9.94. The maximum absolute atomic E-state index is 13.3. The van der Waals surface area contributed by atoms with E-state index in [0.717, 1.165) is 35.5 Å². The lowest BCUT2D eigenvalue weighted by molar-refractivity contribution is 0.390. The lowest BCUT2D eigenvalue weighted by Crippen LogP contribution is -2.46. The Morgan fingerprint density at radius 2 is 1.85 bits per heavy atom. The molecule has 0 saturated heterocycles. The van der Waals surface area contributed by atoms with Gasteiger partial charge < -0.3 is 19.5 Å². The number of allylic oxidation sites excluding steroid dienone is 1. The van der Waals surface area contributed by atoms with Crippen LogP contribution in [0.2, 0.25) is 0 Å². The SMILES string of the molecule is COc1ccc(C2NC(=S)N(CCC(C)C)C(C)=C2c2nc(-c3ccc(F)cc3)no2)cc1. The zero-order valence-corrected chi connectivity index (χ0v) is 19.9. The summed E-state index contributed by atoms with van der Waals surface area (Å²) in [6.45, 7) is 7.19. The molecule has 1 atom stereocenters. The zero-order chi connectivity index (χ0) is 23.5. The van der Waals surface area contributed by atoms with Gasteiger partial charge in [-0.3, -0.25) is 0 Å². The van der Waals surface area contributed by atoms with Crippen LogP contribution in [0, 0.1) is 11.7 Å². The molecule has 0 bridgehead atoms. The second-order valence-corrected chi connectivity index (χ2v) is 8.81. The molecule has 0 fully saturated rings. The number of nitrogens with one attached hydrogen (secondary N) is 1. The maximum atomic E-state index is 13.3. The number of benzene rings is 2. The highest BCUT2D eigenvalue weighted by molar-refractivity contribution is 7.80. The van der Waals surface area contributed by atoms with E-state index in [1.165, 1.54) is 12.1 Å². The van der Waals surface area contributed by atoms with Crippen LogP contribution in [0.3, 0.4) is 0 Å². The van der Waals surface area contributed by atoms with Crippen molar-refractivity contribution in [3.8, 4) is 17.1 Å². The molecule has 2 aromatic carbocycles. The Hall–Kier alpha value is -3.26. The van der Waals surface area contributed by atoms with E-state index >= 15 is 0 Å². The first kappa shape index (κ1) is 22.9. The molecule has 1 aliphatic heterocycles. The van der Waals surface area contributed by atoms with Crippen LogP contribution >= 0.6 is 12.2 Å². The number of halogens is 1. The summed E-state index contributed by atoms with van der Waals surface area (Å²) in [5.74, 6) is 1.80. The molecule has 0 spiro atoms. The molecule has 3 aromatic rings. The van der Waals surface area contributed by atoms with Crippen LogP contribution in [0.4, 0.5) is 4.39 Å². The predicted molar refractivity (Wildman–Crippen MR) is 130 cm³/mol. The molecule has 1 aliphatic rings. The van der Waals surface area contributed by atoms with Crippen LogP contribution in [-0.4, -0.2) is 33.8 Å². The topological polar surface area (TPSA) is 63.4 Å². The van der Waals surface area contributed by atoms with E-state index < -0.39 is 0 Å². The molecular formula is C25H27FN4O2S. The van der Waals surface area contributed by atoms with E-state index in [2.05, 4.69) is 34.2 Å². The summed E-state index contributed by atoms with van der Waals surface area (Å²) in [7, 11) is 1.64. The van der Waals surface area contributed by atoms with Gasteiger partial charge in [0.05, 0.1) is 18.7 Å². The van der Waals surface area contributed by atoms with Gasteiger partial charge in [0.1, 0.15) is 11.6 Å². The van der Waals surface area contributed by atoms with Gasteiger partial charge in [0, 0.05) is 17.8 Å². The molecule has 2 heterocycles. The van der Waals surface area contributed by atoms with Gasteiger partial charge in [-0.1, -0.05) is 31.1 Å². The van der Waals surface area contributed by atoms with E-state index in [0.29, 0.717) is 28.3 Å². The van der Waals surface area contributed by atoms with Crippen LogP contribution in [0.5, 0.6) is 5.75 Å². The Labute approximate surface area is 198 Å². The van der Waals surface area contributed by atoms with Gasteiger partial charge in [-0.2, -0.15) is 4.98 Å². The minimum absolute atomic E-state index is 0.264. The van der Waals surface area contributed by atoms with Crippen molar-refractivity contribution in [3.63, 3.8) is 0 Å². The normalized spacial score (nSPS) is 16.4. The van der Waals surface area contributed by atoms with Crippen molar-refractivity contribution in [2.75, 3.05) is 13.7 Å². The third kappa shape index (κ3) is 4.90. The van der Waals surface area contributed by atoms with E-state index in [9.17, 15) is 4.39 Å². The average Bonchev–Trinajstić information content (AvgIpc) is 3.28. The Morgan fingerprint density at radius 1 is 1.15 bits per heavy atom. The molecule has 1 aromatic heterocycles. The van der Waals surface area contributed by atoms with Crippen LogP contribution in [-0.2, 0) is 0 Å². The van der Waals surface area contributed by atoms with E-state index in [1.54, 1.807) is 19.2 Å². The summed E-state index contributed by atoms with van der Waals surface area (Å²) in [4.78, 5) is 6.75. The smallest absolute Gasteiger partial charge is 0.258 e. The fourth-order valence-electron chi connectivity index (χ4n) is 3.81. The fraction of sp³-hybridized carbons (Fsp3) is 0.320. The molecule has 0 aliphatic carbocycles. The first-order valence-corrected chi connectivity index (χ1v) is 11.3. The van der Waals surface area contributed by atoms with Gasteiger partial charge >= 0.3 is 0 Å². The number of methoxy groups -OCH3 is 1. The van der Waals surface area contributed by atoms with Crippen LogP contribution < -0.4 is 10.1 Å². The van der Waals surface area contributed by atoms with Crippen LogP contribution in [0.1, 0.15) is 44.7 Å². The second kappa shape index (κ2) is 9.70. The quantitative estimate of drug-likeness (QED) is 0.455. The third-order valence-corrected chi connectivity index (χ3v) is 6.07. The van der Waals surface area contributed by atoms with Crippen molar-refractivity contribution in [2.45, 2.75) is 33.2 Å². The lowest BCUT2D eigenvalue weighted by Gasteiger charge is -2.37. The van der Waals surface area contributed by atoms with Gasteiger partial charge in [-0.05, 0) is 73.4 Å². The maximum Gasteiger partial charge on any atom is 0.258 e. The highest BCUT2D eigenvalue weighted by atomic mass is 32.1. The highest BCUT2D eigenvalue weighted by Crippen LogP contribution is 2.38. The standard InChI is InChI=1S/C25H27FN4O2S/c1-15(2)13-14-30-16(3)21(22(27-25(30)33)17-7-11-20(31-4)12-8-17)24-28-23(29-32-24)18-5-9-19(26)10-6-18/h5-12,15,22H,13-14H2,1-4H3,(H,27,33).